The zero-order valence-corrected chi connectivity index (χ0v) is 17.0. The van der Waals surface area contributed by atoms with E-state index in [0.29, 0.717) is 27.1 Å². The fourth-order valence-corrected chi connectivity index (χ4v) is 3.62. The van der Waals surface area contributed by atoms with Crippen molar-refractivity contribution in [1.29, 1.82) is 0 Å². The second-order valence-corrected chi connectivity index (χ2v) is 7.03. The van der Waals surface area contributed by atoms with Crippen molar-refractivity contribution in [1.82, 2.24) is 4.98 Å². The number of halogens is 3. The van der Waals surface area contributed by atoms with E-state index in [2.05, 4.69) is 15.0 Å². The third-order valence-electron chi connectivity index (χ3n) is 3.96. The number of hydrogen-bond donors (Lipinski definition) is 1. The Morgan fingerprint density at radius 1 is 1.07 bits per heavy atom. The lowest BCUT2D eigenvalue weighted by Gasteiger charge is -2.10. The topological polar surface area (TPSA) is 69.7 Å². The van der Waals surface area contributed by atoms with Gasteiger partial charge in [0.1, 0.15) is 15.6 Å². The first-order valence-corrected chi connectivity index (χ1v) is 9.39. The maximum atomic E-state index is 12.7. The summed E-state index contributed by atoms with van der Waals surface area (Å²) in [5.74, 6) is 0.178. The number of methoxy groups -OCH3 is 2. The fraction of sp³-hybridized carbons (Fsp3) is 0.200. The highest BCUT2D eigenvalue weighted by Crippen LogP contribution is 2.35. The van der Waals surface area contributed by atoms with E-state index in [1.54, 1.807) is 25.1 Å². The summed E-state index contributed by atoms with van der Waals surface area (Å²) in [7, 11) is 3.05. The molecular formula is C20H17F3N2O4S. The Balaban J connectivity index is 1.82. The first-order valence-electron chi connectivity index (χ1n) is 8.57. The Labute approximate surface area is 174 Å². The number of nitrogens with zero attached hydrogens (tertiary/aromatic N) is 1. The molecule has 0 aliphatic heterocycles. The number of anilines is 1. The maximum absolute atomic E-state index is 12.7. The van der Waals surface area contributed by atoms with Gasteiger partial charge < -0.3 is 19.5 Å². The van der Waals surface area contributed by atoms with Crippen molar-refractivity contribution in [3.05, 3.63) is 53.0 Å². The van der Waals surface area contributed by atoms with E-state index in [9.17, 15) is 18.0 Å². The highest BCUT2D eigenvalue weighted by Gasteiger charge is 2.31. The summed E-state index contributed by atoms with van der Waals surface area (Å²) in [5.41, 5.74) is 1.40. The molecule has 10 heteroatoms. The van der Waals surface area contributed by atoms with E-state index in [1.165, 1.54) is 26.4 Å². The Bertz CT molecular complexity index is 1070. The van der Waals surface area contributed by atoms with Gasteiger partial charge in [0.25, 0.3) is 5.91 Å². The smallest absolute Gasteiger partial charge is 0.493 e. The van der Waals surface area contributed by atoms with E-state index in [4.69, 9.17) is 9.47 Å². The van der Waals surface area contributed by atoms with Crippen LogP contribution in [0.15, 0.2) is 42.5 Å². The van der Waals surface area contributed by atoms with Gasteiger partial charge in [-0.1, -0.05) is 6.07 Å². The predicted molar refractivity (Wildman–Crippen MR) is 106 cm³/mol. The summed E-state index contributed by atoms with van der Waals surface area (Å²) in [6.07, 6.45) is -4.81. The summed E-state index contributed by atoms with van der Waals surface area (Å²) < 4.78 is 51.5. The molecule has 0 aliphatic carbocycles. The van der Waals surface area contributed by atoms with Crippen LogP contribution in [0.4, 0.5) is 18.9 Å². The predicted octanol–water partition coefficient (Wildman–Crippen LogP) is 5.29. The van der Waals surface area contributed by atoms with Crippen molar-refractivity contribution >= 4 is 22.9 Å². The molecule has 158 valence electrons. The Morgan fingerprint density at radius 2 is 1.80 bits per heavy atom. The molecule has 0 saturated heterocycles. The van der Waals surface area contributed by atoms with Crippen molar-refractivity contribution in [3.63, 3.8) is 0 Å². The SMILES string of the molecule is COc1ccc(-c2nc(C)c(C(=O)Nc3cccc(OC(F)(F)F)c3)s2)cc1OC. The van der Waals surface area contributed by atoms with Gasteiger partial charge in [0, 0.05) is 17.3 Å². The van der Waals surface area contributed by atoms with E-state index in [-0.39, 0.29) is 5.69 Å². The number of carbonyl (C=O) groups is 1. The van der Waals surface area contributed by atoms with Gasteiger partial charge in [-0.05, 0) is 37.3 Å². The first-order chi connectivity index (χ1) is 14.2. The number of alkyl halides is 3. The molecule has 0 spiro atoms. The van der Waals surface area contributed by atoms with Crippen LogP contribution in [0.25, 0.3) is 10.6 Å². The molecule has 1 N–H and O–H groups in total. The molecule has 6 nitrogen and oxygen atoms in total. The molecule has 0 atom stereocenters. The summed E-state index contributed by atoms with van der Waals surface area (Å²) in [4.78, 5) is 17.4. The molecule has 2 aromatic carbocycles. The van der Waals surface area contributed by atoms with Gasteiger partial charge in [-0.2, -0.15) is 0 Å². The van der Waals surface area contributed by atoms with Crippen LogP contribution >= 0.6 is 11.3 Å². The van der Waals surface area contributed by atoms with Gasteiger partial charge in [0.2, 0.25) is 0 Å². The molecule has 1 amide bonds. The molecule has 1 heterocycles. The molecule has 0 radical (unpaired) electrons. The summed E-state index contributed by atoms with van der Waals surface area (Å²) in [5, 5.41) is 3.16. The third kappa shape index (κ3) is 5.01. The number of aryl methyl sites for hydroxylation is 1. The van der Waals surface area contributed by atoms with Crippen LogP contribution in [-0.2, 0) is 0 Å². The van der Waals surface area contributed by atoms with Crippen LogP contribution in [0.3, 0.4) is 0 Å². The summed E-state index contributed by atoms with van der Waals surface area (Å²) in [6.45, 7) is 1.68. The number of aromatic nitrogens is 1. The molecule has 3 rings (SSSR count). The second kappa shape index (κ2) is 8.62. The average molecular weight is 438 g/mol. The number of benzene rings is 2. The van der Waals surface area contributed by atoms with Crippen LogP contribution in [-0.4, -0.2) is 31.5 Å². The zero-order valence-electron chi connectivity index (χ0n) is 16.2. The minimum Gasteiger partial charge on any atom is -0.493 e. The third-order valence-corrected chi connectivity index (χ3v) is 5.16. The minimum atomic E-state index is -4.81. The maximum Gasteiger partial charge on any atom is 0.573 e. The zero-order chi connectivity index (χ0) is 21.9. The van der Waals surface area contributed by atoms with Crippen molar-refractivity contribution in [2.75, 3.05) is 19.5 Å². The van der Waals surface area contributed by atoms with Crippen molar-refractivity contribution in [2.45, 2.75) is 13.3 Å². The fourth-order valence-electron chi connectivity index (χ4n) is 2.66. The summed E-state index contributed by atoms with van der Waals surface area (Å²) in [6, 6.07) is 10.3. The van der Waals surface area contributed by atoms with Crippen molar-refractivity contribution < 1.29 is 32.2 Å². The van der Waals surface area contributed by atoms with E-state index in [1.807, 2.05) is 0 Å². The molecule has 3 aromatic rings. The molecule has 0 saturated carbocycles. The average Bonchev–Trinajstić information content (AvgIpc) is 3.08. The van der Waals surface area contributed by atoms with Crippen LogP contribution in [0.1, 0.15) is 15.4 Å². The quantitative estimate of drug-likeness (QED) is 0.567. The number of rotatable bonds is 6. The van der Waals surface area contributed by atoms with Crippen LogP contribution in [0, 0.1) is 6.92 Å². The molecule has 0 unspecified atom stereocenters. The number of thiazole rings is 1. The monoisotopic (exact) mass is 438 g/mol. The van der Waals surface area contributed by atoms with Crippen molar-refractivity contribution in [3.8, 4) is 27.8 Å². The van der Waals surface area contributed by atoms with Gasteiger partial charge in [-0.3, -0.25) is 4.79 Å². The normalized spacial score (nSPS) is 11.1. The summed E-state index contributed by atoms with van der Waals surface area (Å²) >= 11 is 1.16. The van der Waals surface area contributed by atoms with Gasteiger partial charge in [0.15, 0.2) is 11.5 Å². The van der Waals surface area contributed by atoms with Gasteiger partial charge in [-0.25, -0.2) is 4.98 Å². The lowest BCUT2D eigenvalue weighted by Crippen LogP contribution is -2.17. The molecule has 0 aliphatic rings. The van der Waals surface area contributed by atoms with E-state index < -0.39 is 18.0 Å². The van der Waals surface area contributed by atoms with Gasteiger partial charge in [-0.15, -0.1) is 24.5 Å². The van der Waals surface area contributed by atoms with Crippen LogP contribution in [0.2, 0.25) is 0 Å². The number of ether oxygens (including phenoxy) is 3. The number of hydrogen-bond acceptors (Lipinski definition) is 6. The molecular weight excluding hydrogens is 421 g/mol. The van der Waals surface area contributed by atoms with Crippen LogP contribution in [0.5, 0.6) is 17.2 Å². The van der Waals surface area contributed by atoms with Crippen LogP contribution < -0.4 is 19.5 Å². The number of nitrogens with one attached hydrogen (secondary N) is 1. The standard InChI is InChI=1S/C20H17F3N2O4S/c1-11-17(18(26)25-13-5-4-6-14(10-13)29-20(21,22)23)30-19(24-11)12-7-8-15(27-2)16(9-12)28-3/h4-10H,1-3H3,(H,25,26). The first kappa shape index (κ1) is 21.4. The molecule has 0 bridgehead atoms. The largest absolute Gasteiger partial charge is 0.573 e. The lowest BCUT2D eigenvalue weighted by atomic mass is 10.2. The highest BCUT2D eigenvalue weighted by molar-refractivity contribution is 7.17. The Morgan fingerprint density at radius 3 is 2.47 bits per heavy atom. The molecule has 0 fully saturated rings. The van der Waals surface area contributed by atoms with Gasteiger partial charge >= 0.3 is 6.36 Å². The number of carbonyl (C=O) groups excluding carboxylic acids is 1. The Kier molecular flexibility index (Phi) is 6.16. The van der Waals surface area contributed by atoms with E-state index >= 15 is 0 Å². The second-order valence-electron chi connectivity index (χ2n) is 6.03. The number of amides is 1. The van der Waals surface area contributed by atoms with Gasteiger partial charge in [0.05, 0.1) is 19.9 Å². The lowest BCUT2D eigenvalue weighted by molar-refractivity contribution is -0.274. The highest BCUT2D eigenvalue weighted by atomic mass is 32.1. The molecule has 30 heavy (non-hydrogen) atoms. The van der Waals surface area contributed by atoms with E-state index in [0.717, 1.165) is 29.0 Å². The minimum absolute atomic E-state index is 0.169. The Hall–Kier alpha value is -3.27. The molecule has 1 aromatic heterocycles. The van der Waals surface area contributed by atoms with Crippen molar-refractivity contribution in [2.24, 2.45) is 0 Å².